The molecule has 1 N–H and O–H groups in total. The number of hydrogen-bond donors (Lipinski definition) is 1. The van der Waals surface area contributed by atoms with Gasteiger partial charge in [0.2, 0.25) is 0 Å². The van der Waals surface area contributed by atoms with Crippen LogP contribution in [0.25, 0.3) is 0 Å². The SMILES string of the molecule is CC1CN(C2CCc3ccccc3C2O)CC(C)O1. The standard InChI is InChI=1S/C16H23NO2/c1-11-9-17(10-12(2)19-11)15-8-7-13-5-3-4-6-14(13)16(15)18/h3-6,11-12,15-16,18H,7-10H2,1-2H3. The molecule has 0 bridgehead atoms. The third-order valence-electron chi connectivity index (χ3n) is 4.36. The van der Waals surface area contributed by atoms with E-state index < -0.39 is 0 Å². The molecule has 0 radical (unpaired) electrons. The Morgan fingerprint density at radius 3 is 2.58 bits per heavy atom. The van der Waals surface area contributed by atoms with Crippen molar-refractivity contribution in [3.63, 3.8) is 0 Å². The minimum atomic E-state index is -0.359. The molecule has 1 fully saturated rings. The molecule has 3 heteroatoms. The topological polar surface area (TPSA) is 32.7 Å². The highest BCUT2D eigenvalue weighted by Gasteiger charge is 2.35. The number of morpholine rings is 1. The zero-order valence-electron chi connectivity index (χ0n) is 11.7. The zero-order valence-corrected chi connectivity index (χ0v) is 11.7. The van der Waals surface area contributed by atoms with Gasteiger partial charge in [-0.2, -0.15) is 0 Å². The van der Waals surface area contributed by atoms with Gasteiger partial charge >= 0.3 is 0 Å². The van der Waals surface area contributed by atoms with E-state index in [1.807, 2.05) is 6.07 Å². The van der Waals surface area contributed by atoms with Crippen LogP contribution >= 0.6 is 0 Å². The summed E-state index contributed by atoms with van der Waals surface area (Å²) in [6, 6.07) is 8.53. The Kier molecular flexibility index (Phi) is 3.61. The van der Waals surface area contributed by atoms with Crippen molar-refractivity contribution in [3.8, 4) is 0 Å². The maximum Gasteiger partial charge on any atom is 0.0947 e. The molecule has 0 aromatic heterocycles. The molecule has 1 aromatic carbocycles. The molecule has 19 heavy (non-hydrogen) atoms. The smallest absolute Gasteiger partial charge is 0.0947 e. The second-order valence-corrected chi connectivity index (χ2v) is 5.96. The van der Waals surface area contributed by atoms with Gasteiger partial charge < -0.3 is 9.84 Å². The highest BCUT2D eigenvalue weighted by Crippen LogP contribution is 2.34. The molecule has 1 saturated heterocycles. The van der Waals surface area contributed by atoms with E-state index in [1.165, 1.54) is 5.56 Å². The molecule has 2 aliphatic rings. The number of aliphatic hydroxyl groups excluding tert-OH is 1. The molecule has 4 unspecified atom stereocenters. The number of fused-ring (bicyclic) bond motifs is 1. The fraction of sp³-hybridized carbons (Fsp3) is 0.625. The Morgan fingerprint density at radius 2 is 1.84 bits per heavy atom. The first kappa shape index (κ1) is 13.1. The number of nitrogens with zero attached hydrogens (tertiary/aromatic N) is 1. The van der Waals surface area contributed by atoms with Crippen LogP contribution in [0.1, 0.15) is 37.5 Å². The Hall–Kier alpha value is -0.900. The van der Waals surface area contributed by atoms with E-state index in [0.717, 1.165) is 31.5 Å². The predicted octanol–water partition coefficient (Wildman–Crippen LogP) is 2.14. The van der Waals surface area contributed by atoms with Crippen molar-refractivity contribution in [2.24, 2.45) is 0 Å². The number of rotatable bonds is 1. The molecule has 4 atom stereocenters. The van der Waals surface area contributed by atoms with Gasteiger partial charge in [-0.25, -0.2) is 0 Å². The second kappa shape index (κ2) is 5.23. The van der Waals surface area contributed by atoms with Crippen LogP contribution in [-0.4, -0.2) is 41.3 Å². The third-order valence-corrected chi connectivity index (χ3v) is 4.36. The van der Waals surface area contributed by atoms with E-state index in [1.54, 1.807) is 0 Å². The van der Waals surface area contributed by atoms with Gasteiger partial charge in [-0.1, -0.05) is 24.3 Å². The Morgan fingerprint density at radius 1 is 1.16 bits per heavy atom. The minimum Gasteiger partial charge on any atom is -0.387 e. The molecule has 104 valence electrons. The summed E-state index contributed by atoms with van der Waals surface area (Å²) >= 11 is 0. The molecule has 0 spiro atoms. The van der Waals surface area contributed by atoms with Crippen LogP contribution in [0, 0.1) is 0 Å². The van der Waals surface area contributed by atoms with Gasteiger partial charge in [0.05, 0.1) is 18.3 Å². The van der Waals surface area contributed by atoms with Crippen LogP contribution in [-0.2, 0) is 11.2 Å². The third kappa shape index (κ3) is 2.55. The lowest BCUT2D eigenvalue weighted by Gasteiger charge is -2.44. The van der Waals surface area contributed by atoms with Crippen LogP contribution in [0.2, 0.25) is 0 Å². The zero-order chi connectivity index (χ0) is 13.4. The van der Waals surface area contributed by atoms with Gasteiger partial charge in [-0.3, -0.25) is 4.90 Å². The summed E-state index contributed by atoms with van der Waals surface area (Å²) in [6.07, 6.45) is 2.26. The quantitative estimate of drug-likeness (QED) is 0.840. The van der Waals surface area contributed by atoms with E-state index in [4.69, 9.17) is 4.74 Å². The maximum atomic E-state index is 10.7. The average molecular weight is 261 g/mol. The average Bonchev–Trinajstić information content (AvgIpc) is 2.38. The lowest BCUT2D eigenvalue weighted by atomic mass is 9.84. The summed E-state index contributed by atoms with van der Waals surface area (Å²) in [7, 11) is 0. The number of ether oxygens (including phenoxy) is 1. The van der Waals surface area contributed by atoms with Gasteiger partial charge in [0.25, 0.3) is 0 Å². The van der Waals surface area contributed by atoms with Crippen LogP contribution in [0.3, 0.4) is 0 Å². The van der Waals surface area contributed by atoms with Gasteiger partial charge in [0.1, 0.15) is 0 Å². The second-order valence-electron chi connectivity index (χ2n) is 5.96. The predicted molar refractivity (Wildman–Crippen MR) is 75.1 cm³/mol. The van der Waals surface area contributed by atoms with Crippen LogP contribution < -0.4 is 0 Å². The van der Waals surface area contributed by atoms with Gasteiger partial charge in [0, 0.05) is 19.1 Å². The van der Waals surface area contributed by atoms with Gasteiger partial charge in [-0.05, 0) is 37.8 Å². The van der Waals surface area contributed by atoms with Crippen LogP contribution in [0.4, 0.5) is 0 Å². The number of benzene rings is 1. The van der Waals surface area contributed by atoms with E-state index in [2.05, 4.69) is 36.9 Å². The Bertz CT molecular complexity index is 438. The monoisotopic (exact) mass is 261 g/mol. The van der Waals surface area contributed by atoms with Crippen molar-refractivity contribution in [3.05, 3.63) is 35.4 Å². The summed E-state index contributed by atoms with van der Waals surface area (Å²) in [5, 5.41) is 10.7. The Labute approximate surface area is 115 Å². The maximum absolute atomic E-state index is 10.7. The van der Waals surface area contributed by atoms with Crippen LogP contribution in [0.15, 0.2) is 24.3 Å². The molecular weight excluding hydrogens is 238 g/mol. The molecule has 3 nitrogen and oxygen atoms in total. The van der Waals surface area contributed by atoms with Crippen molar-refractivity contribution in [2.75, 3.05) is 13.1 Å². The molecular formula is C16H23NO2. The van der Waals surface area contributed by atoms with Crippen LogP contribution in [0.5, 0.6) is 0 Å². The van der Waals surface area contributed by atoms with Gasteiger partial charge in [-0.15, -0.1) is 0 Å². The highest BCUT2D eigenvalue weighted by molar-refractivity contribution is 5.32. The fourth-order valence-corrected chi connectivity index (χ4v) is 3.59. The summed E-state index contributed by atoms with van der Waals surface area (Å²) in [5.41, 5.74) is 2.42. The fourth-order valence-electron chi connectivity index (χ4n) is 3.59. The lowest BCUT2D eigenvalue weighted by Crippen LogP contribution is -2.52. The molecule has 0 amide bonds. The van der Waals surface area contributed by atoms with Crippen molar-refractivity contribution in [1.82, 2.24) is 4.90 Å². The highest BCUT2D eigenvalue weighted by atomic mass is 16.5. The first-order valence-electron chi connectivity index (χ1n) is 7.30. The molecule has 1 aliphatic carbocycles. The van der Waals surface area contributed by atoms with E-state index in [0.29, 0.717) is 0 Å². The Balaban J connectivity index is 1.80. The van der Waals surface area contributed by atoms with Crippen molar-refractivity contribution < 1.29 is 9.84 Å². The summed E-state index contributed by atoms with van der Waals surface area (Å²) in [5.74, 6) is 0. The number of hydrogen-bond acceptors (Lipinski definition) is 3. The lowest BCUT2D eigenvalue weighted by molar-refractivity contribution is -0.0989. The van der Waals surface area contributed by atoms with Gasteiger partial charge in [0.15, 0.2) is 0 Å². The summed E-state index contributed by atoms with van der Waals surface area (Å²) in [6.45, 7) is 6.08. The van der Waals surface area contributed by atoms with Crippen molar-refractivity contribution in [2.45, 2.75) is 51.0 Å². The normalized spacial score (nSPS) is 35.9. The first-order valence-corrected chi connectivity index (χ1v) is 7.30. The largest absolute Gasteiger partial charge is 0.387 e. The van der Waals surface area contributed by atoms with Crippen molar-refractivity contribution >= 4 is 0 Å². The molecule has 1 aromatic rings. The summed E-state index contributed by atoms with van der Waals surface area (Å²) in [4.78, 5) is 2.42. The van der Waals surface area contributed by atoms with E-state index in [-0.39, 0.29) is 24.4 Å². The number of aliphatic hydroxyl groups is 1. The first-order chi connectivity index (χ1) is 9.15. The van der Waals surface area contributed by atoms with Crippen molar-refractivity contribution in [1.29, 1.82) is 0 Å². The van der Waals surface area contributed by atoms with E-state index >= 15 is 0 Å². The van der Waals surface area contributed by atoms with E-state index in [9.17, 15) is 5.11 Å². The summed E-state index contributed by atoms with van der Waals surface area (Å²) < 4.78 is 5.79. The minimum absolute atomic E-state index is 0.240. The molecule has 1 heterocycles. The molecule has 3 rings (SSSR count). The molecule has 1 aliphatic heterocycles. The molecule has 0 saturated carbocycles. The number of aryl methyl sites for hydroxylation is 1.